The summed E-state index contributed by atoms with van der Waals surface area (Å²) in [5.74, 6) is 0. The minimum Gasteiger partial charge on any atom is -0.324 e. The Hall–Kier alpha value is 0.190. The van der Waals surface area contributed by atoms with Gasteiger partial charge in [0, 0.05) is 11.7 Å². The summed E-state index contributed by atoms with van der Waals surface area (Å²) in [5, 5.41) is 3.13. The predicted molar refractivity (Wildman–Crippen MR) is 47.5 cm³/mol. The minimum atomic E-state index is -1.87. The van der Waals surface area contributed by atoms with Crippen molar-refractivity contribution in [3.63, 3.8) is 0 Å². The fraction of sp³-hybridized carbons (Fsp3) is 1.00. The monoisotopic (exact) mass is 163 g/mol. The highest BCUT2D eigenvalue weighted by atomic mass is 31.2. The first-order valence-electron chi connectivity index (χ1n) is 3.50. The van der Waals surface area contributed by atoms with E-state index in [-0.39, 0.29) is 5.54 Å². The first-order valence-corrected chi connectivity index (χ1v) is 6.28. The molecule has 0 saturated carbocycles. The van der Waals surface area contributed by atoms with Gasteiger partial charge in [0.25, 0.3) is 0 Å². The molecule has 2 nitrogen and oxygen atoms in total. The van der Waals surface area contributed by atoms with Crippen LogP contribution in [0.3, 0.4) is 0 Å². The van der Waals surface area contributed by atoms with Crippen molar-refractivity contribution >= 4 is 7.14 Å². The van der Waals surface area contributed by atoms with Crippen molar-refractivity contribution in [1.82, 2.24) is 5.32 Å². The molecule has 0 spiro atoms. The maximum atomic E-state index is 11.3. The normalized spacial score (nSPS) is 13.7. The summed E-state index contributed by atoms with van der Waals surface area (Å²) in [5.41, 5.74) is 0.0129. The van der Waals surface area contributed by atoms with Crippen LogP contribution in [-0.2, 0) is 4.57 Å². The maximum Gasteiger partial charge on any atom is 0.0837 e. The minimum absolute atomic E-state index is 0.0129. The van der Waals surface area contributed by atoms with E-state index in [0.717, 1.165) is 6.16 Å². The second kappa shape index (κ2) is 3.06. The van der Waals surface area contributed by atoms with E-state index in [9.17, 15) is 4.57 Å². The third-order valence-electron chi connectivity index (χ3n) is 1.45. The van der Waals surface area contributed by atoms with Crippen LogP contribution in [0.2, 0.25) is 0 Å². The van der Waals surface area contributed by atoms with Crippen LogP contribution in [0.5, 0.6) is 0 Å². The van der Waals surface area contributed by atoms with Gasteiger partial charge in [-0.3, -0.25) is 0 Å². The first-order chi connectivity index (χ1) is 4.27. The zero-order valence-electron chi connectivity index (χ0n) is 7.56. The number of rotatable bonds is 3. The van der Waals surface area contributed by atoms with Crippen LogP contribution in [-0.4, -0.2) is 32.1 Å². The Kier molecular flexibility index (Phi) is 3.12. The van der Waals surface area contributed by atoms with Crippen molar-refractivity contribution in [3.05, 3.63) is 0 Å². The SMILES string of the molecule is CNC(C)(C)CP(C)(C)=O. The molecule has 0 atom stereocenters. The van der Waals surface area contributed by atoms with E-state index in [1.165, 1.54) is 0 Å². The van der Waals surface area contributed by atoms with Crippen molar-refractivity contribution < 1.29 is 4.57 Å². The van der Waals surface area contributed by atoms with Gasteiger partial charge in [0.1, 0.15) is 0 Å². The fourth-order valence-electron chi connectivity index (χ4n) is 1.03. The van der Waals surface area contributed by atoms with Gasteiger partial charge < -0.3 is 9.88 Å². The Morgan fingerprint density at radius 3 is 1.90 bits per heavy atom. The molecule has 0 unspecified atom stereocenters. The molecule has 0 amide bonds. The maximum absolute atomic E-state index is 11.3. The Bertz CT molecular complexity index is 148. The summed E-state index contributed by atoms with van der Waals surface area (Å²) in [6.45, 7) is 7.78. The molecular formula is C7H18NOP. The van der Waals surface area contributed by atoms with Crippen LogP contribution in [0, 0.1) is 0 Å². The molecule has 0 aliphatic heterocycles. The van der Waals surface area contributed by atoms with Gasteiger partial charge in [-0.15, -0.1) is 0 Å². The van der Waals surface area contributed by atoms with Crippen LogP contribution in [0.1, 0.15) is 13.8 Å². The molecule has 3 heteroatoms. The summed E-state index contributed by atoms with van der Waals surface area (Å²) in [6, 6.07) is 0. The van der Waals surface area contributed by atoms with Gasteiger partial charge in [-0.2, -0.15) is 0 Å². The van der Waals surface area contributed by atoms with Crippen molar-refractivity contribution in [1.29, 1.82) is 0 Å². The molecule has 0 aliphatic rings. The Labute approximate surface area is 63.8 Å². The largest absolute Gasteiger partial charge is 0.324 e. The van der Waals surface area contributed by atoms with Crippen molar-refractivity contribution in [2.75, 3.05) is 26.5 Å². The van der Waals surface area contributed by atoms with Gasteiger partial charge in [-0.1, -0.05) is 0 Å². The molecule has 0 bridgehead atoms. The second-order valence-electron chi connectivity index (χ2n) is 3.87. The van der Waals surface area contributed by atoms with Crippen LogP contribution in [0.15, 0.2) is 0 Å². The Balaban J connectivity index is 4.02. The zero-order valence-corrected chi connectivity index (χ0v) is 8.46. The van der Waals surface area contributed by atoms with E-state index < -0.39 is 7.14 Å². The summed E-state index contributed by atoms with van der Waals surface area (Å²) in [6.07, 6.45) is 0.760. The van der Waals surface area contributed by atoms with E-state index in [0.29, 0.717) is 0 Å². The third-order valence-corrected chi connectivity index (χ3v) is 3.00. The van der Waals surface area contributed by atoms with E-state index in [2.05, 4.69) is 19.2 Å². The molecule has 0 saturated heterocycles. The molecular weight excluding hydrogens is 145 g/mol. The fourth-order valence-corrected chi connectivity index (χ4v) is 3.09. The highest BCUT2D eigenvalue weighted by Crippen LogP contribution is 2.39. The molecule has 0 aromatic carbocycles. The quantitative estimate of drug-likeness (QED) is 0.640. The molecule has 0 aromatic rings. The lowest BCUT2D eigenvalue weighted by Gasteiger charge is -2.25. The lowest BCUT2D eigenvalue weighted by molar-refractivity contribution is 0.465. The standard InChI is InChI=1S/C7H18NOP/c1-7(2,8-3)6-10(4,5)9/h8H,6H2,1-5H3. The zero-order chi connectivity index (χ0) is 8.41. The lowest BCUT2D eigenvalue weighted by atomic mass is 10.1. The molecule has 0 aromatic heterocycles. The molecule has 62 valence electrons. The van der Waals surface area contributed by atoms with Crippen LogP contribution < -0.4 is 5.32 Å². The Morgan fingerprint density at radius 1 is 1.40 bits per heavy atom. The van der Waals surface area contributed by atoms with Gasteiger partial charge in [0.2, 0.25) is 0 Å². The van der Waals surface area contributed by atoms with Crippen molar-refractivity contribution in [2.24, 2.45) is 0 Å². The highest BCUT2D eigenvalue weighted by molar-refractivity contribution is 7.62. The average molecular weight is 163 g/mol. The van der Waals surface area contributed by atoms with E-state index in [1.54, 1.807) is 0 Å². The van der Waals surface area contributed by atoms with E-state index in [1.807, 2.05) is 20.4 Å². The van der Waals surface area contributed by atoms with Gasteiger partial charge in [0.15, 0.2) is 0 Å². The summed E-state index contributed by atoms with van der Waals surface area (Å²) in [4.78, 5) is 0. The van der Waals surface area contributed by atoms with Gasteiger partial charge in [-0.25, -0.2) is 0 Å². The molecule has 0 aliphatic carbocycles. The molecule has 0 fully saturated rings. The molecule has 0 rings (SSSR count). The van der Waals surface area contributed by atoms with Crippen LogP contribution in [0.4, 0.5) is 0 Å². The van der Waals surface area contributed by atoms with Gasteiger partial charge in [0.05, 0.1) is 7.14 Å². The molecule has 1 N–H and O–H groups in total. The van der Waals surface area contributed by atoms with Gasteiger partial charge in [-0.05, 0) is 34.2 Å². The highest BCUT2D eigenvalue weighted by Gasteiger charge is 2.21. The number of nitrogens with one attached hydrogen (secondary N) is 1. The van der Waals surface area contributed by atoms with Crippen molar-refractivity contribution in [2.45, 2.75) is 19.4 Å². The molecule has 10 heavy (non-hydrogen) atoms. The predicted octanol–water partition coefficient (Wildman–Crippen LogP) is 1.61. The van der Waals surface area contributed by atoms with E-state index >= 15 is 0 Å². The van der Waals surface area contributed by atoms with Crippen LogP contribution >= 0.6 is 7.14 Å². The number of hydrogen-bond acceptors (Lipinski definition) is 2. The number of hydrogen-bond donors (Lipinski definition) is 1. The third kappa shape index (κ3) is 5.01. The Morgan fingerprint density at radius 2 is 1.80 bits per heavy atom. The molecule has 0 heterocycles. The van der Waals surface area contributed by atoms with Crippen molar-refractivity contribution in [3.8, 4) is 0 Å². The first kappa shape index (κ1) is 10.2. The summed E-state index contributed by atoms with van der Waals surface area (Å²) in [7, 11) is 0.0322. The topological polar surface area (TPSA) is 29.1 Å². The van der Waals surface area contributed by atoms with E-state index in [4.69, 9.17) is 0 Å². The molecule has 0 radical (unpaired) electrons. The van der Waals surface area contributed by atoms with Gasteiger partial charge >= 0.3 is 0 Å². The lowest BCUT2D eigenvalue weighted by Crippen LogP contribution is -2.39. The average Bonchev–Trinajstić information content (AvgIpc) is 1.60. The summed E-state index contributed by atoms with van der Waals surface area (Å²) < 4.78 is 11.3. The summed E-state index contributed by atoms with van der Waals surface area (Å²) >= 11 is 0. The smallest absolute Gasteiger partial charge is 0.0837 e. The van der Waals surface area contributed by atoms with Crippen LogP contribution in [0.25, 0.3) is 0 Å². The second-order valence-corrected chi connectivity index (χ2v) is 7.33.